The molecule has 4 aliphatic carbocycles. The monoisotopic (exact) mass is 330 g/mol. The van der Waals surface area contributed by atoms with Gasteiger partial charge in [0.1, 0.15) is 5.78 Å². The molecular weight excluding hydrogens is 300 g/mol. The number of hydrogen-bond donors (Lipinski definition) is 0. The Morgan fingerprint density at radius 3 is 2.67 bits per heavy atom. The summed E-state index contributed by atoms with van der Waals surface area (Å²) in [4.78, 5) is 26.0. The molecule has 0 heterocycles. The van der Waals surface area contributed by atoms with E-state index in [1.807, 2.05) is 6.92 Å². The minimum absolute atomic E-state index is 0.0741. The molecule has 0 aromatic heterocycles. The summed E-state index contributed by atoms with van der Waals surface area (Å²) in [5.41, 5.74) is 0.704. The van der Waals surface area contributed by atoms with E-state index in [1.165, 1.54) is 19.1 Å². The van der Waals surface area contributed by atoms with E-state index in [-0.39, 0.29) is 22.7 Å². The standard InChI is InChI=1S/C21H30O3/c1-13-11-21-12-14(13)6-7-15(21)19(2)8-5-9-20(3,18(23)24-4)16(19)10-17(21)22/h14-16H,1,5-12H2,2-4H3/t14-,15?,16?,19-,20+,21+/m0/s1. The fourth-order valence-electron chi connectivity index (χ4n) is 7.44. The third-order valence-electron chi connectivity index (χ3n) is 8.57. The van der Waals surface area contributed by atoms with Crippen LogP contribution in [0.1, 0.15) is 65.2 Å². The molecule has 0 N–H and O–H groups in total. The molecule has 4 saturated carbocycles. The quantitative estimate of drug-likeness (QED) is 0.531. The summed E-state index contributed by atoms with van der Waals surface area (Å²) in [6.45, 7) is 8.71. The molecule has 2 bridgehead atoms. The Labute approximate surface area is 145 Å². The highest BCUT2D eigenvalue weighted by molar-refractivity contribution is 5.89. The zero-order chi connectivity index (χ0) is 17.3. The highest BCUT2D eigenvalue weighted by atomic mass is 16.5. The van der Waals surface area contributed by atoms with E-state index < -0.39 is 5.41 Å². The Kier molecular flexibility index (Phi) is 3.38. The number of ketones is 1. The van der Waals surface area contributed by atoms with Gasteiger partial charge in [0, 0.05) is 11.8 Å². The van der Waals surface area contributed by atoms with Crippen LogP contribution in [-0.4, -0.2) is 18.9 Å². The first kappa shape index (κ1) is 16.4. The summed E-state index contributed by atoms with van der Waals surface area (Å²) < 4.78 is 5.17. The molecule has 24 heavy (non-hydrogen) atoms. The first-order chi connectivity index (χ1) is 11.3. The number of carbonyl (C=O) groups is 2. The van der Waals surface area contributed by atoms with Gasteiger partial charge in [-0.1, -0.05) is 25.5 Å². The van der Waals surface area contributed by atoms with E-state index >= 15 is 0 Å². The van der Waals surface area contributed by atoms with Crippen LogP contribution in [0, 0.1) is 34.0 Å². The molecule has 132 valence electrons. The van der Waals surface area contributed by atoms with Crippen molar-refractivity contribution >= 4 is 11.8 Å². The maximum absolute atomic E-state index is 13.4. The van der Waals surface area contributed by atoms with Crippen LogP contribution in [0.25, 0.3) is 0 Å². The molecule has 3 nitrogen and oxygen atoms in total. The zero-order valence-corrected chi connectivity index (χ0v) is 15.3. The van der Waals surface area contributed by atoms with Crippen molar-refractivity contribution in [3.63, 3.8) is 0 Å². The van der Waals surface area contributed by atoms with Crippen molar-refractivity contribution in [1.29, 1.82) is 0 Å². The van der Waals surface area contributed by atoms with Gasteiger partial charge < -0.3 is 4.74 Å². The molecule has 0 aromatic carbocycles. The van der Waals surface area contributed by atoms with Gasteiger partial charge >= 0.3 is 5.97 Å². The minimum atomic E-state index is -0.508. The minimum Gasteiger partial charge on any atom is -0.469 e. The Balaban J connectivity index is 1.79. The molecule has 0 saturated heterocycles. The summed E-state index contributed by atoms with van der Waals surface area (Å²) in [7, 11) is 1.48. The van der Waals surface area contributed by atoms with E-state index in [1.54, 1.807) is 0 Å². The van der Waals surface area contributed by atoms with Crippen molar-refractivity contribution < 1.29 is 14.3 Å². The summed E-state index contributed by atoms with van der Waals surface area (Å²) in [6, 6.07) is 0. The maximum Gasteiger partial charge on any atom is 0.311 e. The highest BCUT2D eigenvalue weighted by Crippen LogP contribution is 2.71. The maximum atomic E-state index is 13.4. The smallest absolute Gasteiger partial charge is 0.311 e. The van der Waals surface area contributed by atoms with Crippen molar-refractivity contribution in [2.45, 2.75) is 65.2 Å². The zero-order valence-electron chi connectivity index (χ0n) is 15.3. The van der Waals surface area contributed by atoms with Crippen molar-refractivity contribution in [1.82, 2.24) is 0 Å². The molecule has 1 spiro atoms. The van der Waals surface area contributed by atoms with Gasteiger partial charge in [-0.15, -0.1) is 0 Å². The molecule has 4 rings (SSSR count). The number of rotatable bonds is 1. The predicted octanol–water partition coefficient (Wildman–Crippen LogP) is 4.31. The van der Waals surface area contributed by atoms with Crippen LogP contribution in [0.2, 0.25) is 0 Å². The Morgan fingerprint density at radius 2 is 1.96 bits per heavy atom. The number of methoxy groups -OCH3 is 1. The molecule has 6 atom stereocenters. The SMILES string of the molecule is C=C1C[C@@]23C[C@@H]1CCC2[C@]1(C)CCC[C@@](C)(C(=O)OC)C1CC3=O. The van der Waals surface area contributed by atoms with Crippen LogP contribution in [0.4, 0.5) is 0 Å². The molecule has 2 unspecified atom stereocenters. The fourth-order valence-corrected chi connectivity index (χ4v) is 7.44. The number of Topliss-reactive ketones (excluding diaryl/α,β-unsaturated/α-hetero) is 1. The second kappa shape index (κ2) is 4.95. The third kappa shape index (κ3) is 1.79. The molecule has 0 aromatic rings. The van der Waals surface area contributed by atoms with E-state index in [4.69, 9.17) is 4.74 Å². The largest absolute Gasteiger partial charge is 0.469 e. The first-order valence-electron chi connectivity index (χ1n) is 9.57. The van der Waals surface area contributed by atoms with Crippen LogP contribution < -0.4 is 0 Å². The van der Waals surface area contributed by atoms with Gasteiger partial charge in [-0.2, -0.15) is 0 Å². The summed E-state index contributed by atoms with van der Waals surface area (Å²) in [5, 5.41) is 0. The summed E-state index contributed by atoms with van der Waals surface area (Å²) in [6.07, 6.45) is 7.83. The number of hydrogen-bond acceptors (Lipinski definition) is 3. The van der Waals surface area contributed by atoms with Crippen molar-refractivity contribution in [2.75, 3.05) is 7.11 Å². The topological polar surface area (TPSA) is 43.4 Å². The Bertz CT molecular complexity index is 623. The van der Waals surface area contributed by atoms with E-state index in [0.29, 0.717) is 24.0 Å². The summed E-state index contributed by atoms with van der Waals surface area (Å²) >= 11 is 0. The lowest BCUT2D eigenvalue weighted by molar-refractivity contribution is -0.186. The van der Waals surface area contributed by atoms with E-state index in [2.05, 4.69) is 13.5 Å². The van der Waals surface area contributed by atoms with Gasteiger partial charge in [-0.3, -0.25) is 9.59 Å². The van der Waals surface area contributed by atoms with E-state index in [9.17, 15) is 9.59 Å². The van der Waals surface area contributed by atoms with Crippen molar-refractivity contribution in [3.8, 4) is 0 Å². The third-order valence-corrected chi connectivity index (χ3v) is 8.57. The lowest BCUT2D eigenvalue weighted by Gasteiger charge is -2.62. The van der Waals surface area contributed by atoms with Gasteiger partial charge in [0.25, 0.3) is 0 Å². The average molecular weight is 330 g/mol. The molecule has 4 fully saturated rings. The number of allylic oxidation sites excluding steroid dienone is 1. The van der Waals surface area contributed by atoms with Crippen LogP contribution in [0.3, 0.4) is 0 Å². The van der Waals surface area contributed by atoms with Gasteiger partial charge in [0.15, 0.2) is 0 Å². The average Bonchev–Trinajstić information content (AvgIpc) is 2.80. The molecule has 0 aliphatic heterocycles. The van der Waals surface area contributed by atoms with Gasteiger partial charge in [-0.25, -0.2) is 0 Å². The molecule has 3 heteroatoms. The van der Waals surface area contributed by atoms with Crippen LogP contribution in [0.5, 0.6) is 0 Å². The molecular formula is C21H30O3. The summed E-state index contributed by atoms with van der Waals surface area (Å²) in [5.74, 6) is 1.39. The number of ether oxygens (including phenoxy) is 1. The highest BCUT2D eigenvalue weighted by Gasteiger charge is 2.68. The molecule has 0 amide bonds. The van der Waals surface area contributed by atoms with E-state index in [0.717, 1.165) is 38.5 Å². The second-order valence-electron chi connectivity index (χ2n) is 9.47. The first-order valence-corrected chi connectivity index (χ1v) is 9.57. The predicted molar refractivity (Wildman–Crippen MR) is 92.2 cm³/mol. The lowest BCUT2D eigenvalue weighted by atomic mass is 9.40. The Morgan fingerprint density at radius 1 is 1.21 bits per heavy atom. The Hall–Kier alpha value is -1.12. The normalized spacial score (nSPS) is 50.2. The second-order valence-corrected chi connectivity index (χ2v) is 9.47. The molecule has 4 aliphatic rings. The number of esters is 1. The number of carbonyl (C=O) groups excluding carboxylic acids is 2. The van der Waals surface area contributed by atoms with Gasteiger partial charge in [0.05, 0.1) is 12.5 Å². The van der Waals surface area contributed by atoms with Crippen molar-refractivity contribution in [2.24, 2.45) is 34.0 Å². The van der Waals surface area contributed by atoms with Gasteiger partial charge in [-0.05, 0) is 68.6 Å². The van der Waals surface area contributed by atoms with Crippen molar-refractivity contribution in [3.05, 3.63) is 12.2 Å². The fraction of sp³-hybridized carbons (Fsp3) is 0.810. The lowest BCUT2D eigenvalue weighted by Crippen LogP contribution is -2.61. The number of fused-ring (bicyclic) bond motifs is 3. The van der Waals surface area contributed by atoms with Crippen LogP contribution in [0.15, 0.2) is 12.2 Å². The van der Waals surface area contributed by atoms with Gasteiger partial charge in [0.2, 0.25) is 0 Å². The van der Waals surface area contributed by atoms with Crippen LogP contribution in [-0.2, 0) is 14.3 Å². The van der Waals surface area contributed by atoms with Crippen LogP contribution >= 0.6 is 0 Å². The molecule has 0 radical (unpaired) electrons.